The summed E-state index contributed by atoms with van der Waals surface area (Å²) < 4.78 is 32.5. The Morgan fingerprint density at radius 1 is 0.824 bits per heavy atom. The first-order chi connectivity index (χ1) is 16.5. The largest absolute Gasteiger partial charge is 0.423 e. The Labute approximate surface area is 200 Å². The molecule has 34 heavy (non-hydrogen) atoms. The van der Waals surface area contributed by atoms with Crippen molar-refractivity contribution in [1.82, 2.24) is 0 Å². The second-order valence-corrected chi connectivity index (χ2v) is 8.41. The summed E-state index contributed by atoms with van der Waals surface area (Å²) in [4.78, 5) is 12.4. The maximum absolute atomic E-state index is 13.7. The molecule has 0 aliphatic carbocycles. The quantitative estimate of drug-likeness (QED) is 0.165. The molecule has 0 atom stereocenters. The number of rotatable bonds is 11. The van der Waals surface area contributed by atoms with Crippen LogP contribution in [0.3, 0.4) is 0 Å². The summed E-state index contributed by atoms with van der Waals surface area (Å²) in [6, 6.07) is 18.3. The van der Waals surface area contributed by atoms with Gasteiger partial charge in [0.05, 0.1) is 5.56 Å². The molecule has 3 rings (SSSR count). The molecule has 0 N–H and O–H groups in total. The molecule has 3 nitrogen and oxygen atoms in total. The molecular formula is C29H29F2NO2. The highest BCUT2D eigenvalue weighted by Gasteiger charge is 2.15. The molecular weight excluding hydrogens is 432 g/mol. The molecule has 0 spiro atoms. The summed E-state index contributed by atoms with van der Waals surface area (Å²) in [6.45, 7) is 2.23. The van der Waals surface area contributed by atoms with Crippen molar-refractivity contribution < 1.29 is 18.3 Å². The normalized spacial score (nSPS) is 10.6. The summed E-state index contributed by atoms with van der Waals surface area (Å²) >= 11 is 0. The van der Waals surface area contributed by atoms with Gasteiger partial charge >= 0.3 is 5.97 Å². The second kappa shape index (κ2) is 12.6. The van der Waals surface area contributed by atoms with E-state index in [4.69, 9.17) is 10.00 Å². The molecule has 0 radical (unpaired) electrons. The van der Waals surface area contributed by atoms with Crippen LogP contribution in [0, 0.1) is 23.0 Å². The van der Waals surface area contributed by atoms with Crippen LogP contribution >= 0.6 is 0 Å². The minimum atomic E-state index is -1.07. The lowest BCUT2D eigenvalue weighted by Crippen LogP contribution is -2.09. The molecule has 0 aromatic heterocycles. The molecule has 0 fully saturated rings. The zero-order chi connectivity index (χ0) is 24.3. The van der Waals surface area contributed by atoms with Crippen LogP contribution in [-0.4, -0.2) is 5.97 Å². The van der Waals surface area contributed by atoms with Crippen molar-refractivity contribution in [2.45, 2.75) is 58.3 Å². The minimum Gasteiger partial charge on any atom is -0.423 e. The van der Waals surface area contributed by atoms with Crippen LogP contribution in [0.2, 0.25) is 0 Å². The molecule has 0 aliphatic heterocycles. The van der Waals surface area contributed by atoms with E-state index in [1.165, 1.54) is 56.6 Å². The van der Waals surface area contributed by atoms with Gasteiger partial charge in [-0.1, -0.05) is 81.8 Å². The van der Waals surface area contributed by atoms with E-state index >= 15 is 0 Å². The highest BCUT2D eigenvalue weighted by molar-refractivity contribution is 5.91. The van der Waals surface area contributed by atoms with Crippen molar-refractivity contribution in [3.05, 3.63) is 89.0 Å². The highest BCUT2D eigenvalue weighted by Crippen LogP contribution is 2.24. The van der Waals surface area contributed by atoms with E-state index in [1.54, 1.807) is 12.1 Å². The number of nitriles is 1. The van der Waals surface area contributed by atoms with Crippen molar-refractivity contribution in [3.63, 3.8) is 0 Å². The lowest BCUT2D eigenvalue weighted by Gasteiger charge is -2.08. The Morgan fingerprint density at radius 3 is 1.91 bits per heavy atom. The Balaban J connectivity index is 1.54. The van der Waals surface area contributed by atoms with E-state index in [1.807, 2.05) is 12.1 Å². The number of ether oxygens (including phenoxy) is 1. The maximum Gasteiger partial charge on any atom is 0.343 e. The SMILES string of the molecule is CCCCCCCCCc1ccc(-c2ccc(C(=O)Oc3cc(F)c(C#N)c(F)c3)cc2)cc1. The third-order valence-corrected chi connectivity index (χ3v) is 5.81. The predicted molar refractivity (Wildman–Crippen MR) is 130 cm³/mol. The maximum atomic E-state index is 13.7. The fraction of sp³-hybridized carbons (Fsp3) is 0.310. The number of unbranched alkanes of at least 4 members (excludes halogenated alkanes) is 6. The van der Waals surface area contributed by atoms with E-state index in [0.29, 0.717) is 0 Å². The number of nitrogens with zero attached hydrogens (tertiary/aromatic N) is 1. The van der Waals surface area contributed by atoms with Crippen molar-refractivity contribution in [2.75, 3.05) is 0 Å². The van der Waals surface area contributed by atoms with Gasteiger partial charge in [-0.3, -0.25) is 0 Å². The fourth-order valence-electron chi connectivity index (χ4n) is 3.83. The first-order valence-corrected chi connectivity index (χ1v) is 11.8. The first-order valence-electron chi connectivity index (χ1n) is 11.8. The molecule has 0 saturated heterocycles. The number of esters is 1. The van der Waals surface area contributed by atoms with E-state index in [-0.39, 0.29) is 11.3 Å². The molecule has 0 saturated carbocycles. The number of hydrogen-bond donors (Lipinski definition) is 0. The third-order valence-electron chi connectivity index (χ3n) is 5.81. The average Bonchev–Trinajstić information content (AvgIpc) is 2.84. The smallest absolute Gasteiger partial charge is 0.343 e. The van der Waals surface area contributed by atoms with Gasteiger partial charge in [-0.15, -0.1) is 0 Å². The fourth-order valence-corrected chi connectivity index (χ4v) is 3.83. The average molecular weight is 462 g/mol. The lowest BCUT2D eigenvalue weighted by molar-refractivity contribution is 0.0734. The number of carbonyl (C=O) groups is 1. The van der Waals surface area contributed by atoms with Crippen LogP contribution in [0.15, 0.2) is 60.7 Å². The topological polar surface area (TPSA) is 50.1 Å². The number of halogens is 2. The van der Waals surface area contributed by atoms with Crippen LogP contribution in [-0.2, 0) is 6.42 Å². The van der Waals surface area contributed by atoms with Crippen molar-refractivity contribution in [1.29, 1.82) is 5.26 Å². The van der Waals surface area contributed by atoms with Crippen molar-refractivity contribution >= 4 is 5.97 Å². The van der Waals surface area contributed by atoms with Gasteiger partial charge in [-0.05, 0) is 41.7 Å². The predicted octanol–water partition coefficient (Wildman–Crippen LogP) is 8.02. The number of benzene rings is 3. The van der Waals surface area contributed by atoms with E-state index in [2.05, 4.69) is 31.2 Å². The molecule has 0 amide bonds. The number of hydrogen-bond acceptors (Lipinski definition) is 3. The van der Waals surface area contributed by atoms with Crippen LogP contribution in [0.1, 0.15) is 73.4 Å². The van der Waals surface area contributed by atoms with Gasteiger partial charge in [0.25, 0.3) is 0 Å². The monoisotopic (exact) mass is 461 g/mol. The minimum absolute atomic E-state index is 0.254. The molecule has 5 heteroatoms. The Hall–Kier alpha value is -3.52. The molecule has 0 aliphatic rings. The van der Waals surface area contributed by atoms with Gasteiger partial charge < -0.3 is 4.74 Å². The summed E-state index contributed by atoms with van der Waals surface area (Å²) in [5.74, 6) is -3.17. The van der Waals surface area contributed by atoms with Crippen LogP contribution < -0.4 is 4.74 Å². The van der Waals surface area contributed by atoms with Gasteiger partial charge in [0, 0.05) is 12.1 Å². The molecule has 0 bridgehead atoms. The molecule has 0 unspecified atom stereocenters. The molecule has 0 heterocycles. The van der Waals surface area contributed by atoms with Gasteiger partial charge in [0.15, 0.2) is 0 Å². The first kappa shape index (κ1) is 25.1. The standard InChI is InChI=1S/C29H29F2NO2/c1-2-3-4-5-6-7-8-9-21-10-12-22(13-11-21)23-14-16-24(17-15-23)29(33)34-25-18-27(30)26(20-32)28(31)19-25/h10-19H,2-9H2,1H3. The Kier molecular flexibility index (Phi) is 9.34. The van der Waals surface area contributed by atoms with Crippen molar-refractivity contribution in [3.8, 4) is 22.9 Å². The molecule has 3 aromatic rings. The van der Waals surface area contributed by atoms with Gasteiger partial charge in [0.2, 0.25) is 0 Å². The summed E-state index contributed by atoms with van der Waals surface area (Å²) in [5.41, 5.74) is 2.86. The summed E-state index contributed by atoms with van der Waals surface area (Å²) in [5, 5.41) is 8.73. The number of aryl methyl sites for hydroxylation is 1. The molecule has 3 aromatic carbocycles. The summed E-state index contributed by atoms with van der Waals surface area (Å²) in [6.07, 6.45) is 10.1. The van der Waals surface area contributed by atoms with E-state index in [0.717, 1.165) is 29.7 Å². The van der Waals surface area contributed by atoms with E-state index in [9.17, 15) is 13.6 Å². The van der Waals surface area contributed by atoms with Crippen molar-refractivity contribution in [2.24, 2.45) is 0 Å². The van der Waals surface area contributed by atoms with Crippen LogP contribution in [0.5, 0.6) is 5.75 Å². The Morgan fingerprint density at radius 2 is 1.35 bits per heavy atom. The molecule has 176 valence electrons. The van der Waals surface area contributed by atoms with Gasteiger partial charge in [-0.2, -0.15) is 5.26 Å². The highest BCUT2D eigenvalue weighted by atomic mass is 19.1. The number of carbonyl (C=O) groups excluding carboxylic acids is 1. The zero-order valence-corrected chi connectivity index (χ0v) is 19.4. The lowest BCUT2D eigenvalue weighted by atomic mass is 10.00. The van der Waals surface area contributed by atoms with Gasteiger partial charge in [-0.25, -0.2) is 13.6 Å². The third kappa shape index (κ3) is 6.99. The van der Waals surface area contributed by atoms with Crippen LogP contribution in [0.25, 0.3) is 11.1 Å². The van der Waals surface area contributed by atoms with Gasteiger partial charge in [0.1, 0.15) is 29.0 Å². The van der Waals surface area contributed by atoms with E-state index < -0.39 is 23.2 Å². The Bertz CT molecular complexity index is 1110. The van der Waals surface area contributed by atoms with Crippen LogP contribution in [0.4, 0.5) is 8.78 Å². The zero-order valence-electron chi connectivity index (χ0n) is 19.4. The summed E-state index contributed by atoms with van der Waals surface area (Å²) in [7, 11) is 0. The second-order valence-electron chi connectivity index (χ2n) is 8.41.